The molecule has 0 amide bonds. The van der Waals surface area contributed by atoms with Gasteiger partial charge in [-0.3, -0.25) is 4.98 Å². The molecule has 1 fully saturated rings. The van der Waals surface area contributed by atoms with Gasteiger partial charge in [-0.15, -0.1) is 0 Å². The monoisotopic (exact) mass is 180 g/mol. The van der Waals surface area contributed by atoms with Gasteiger partial charge in [0.1, 0.15) is 0 Å². The predicted molar refractivity (Wildman–Crippen MR) is 46.9 cm³/mol. The molecule has 1 aromatic heterocycles. The summed E-state index contributed by atoms with van der Waals surface area (Å²) in [5.41, 5.74) is 6.55. The third-order valence-corrected chi connectivity index (χ3v) is 1.88. The zero-order valence-electron chi connectivity index (χ0n) is 7.22. The molecule has 0 aliphatic carbocycles. The van der Waals surface area contributed by atoms with E-state index in [1.54, 1.807) is 12.4 Å². The van der Waals surface area contributed by atoms with Gasteiger partial charge in [0.25, 0.3) is 0 Å². The highest BCUT2D eigenvalue weighted by molar-refractivity contribution is 5.10. The van der Waals surface area contributed by atoms with Gasteiger partial charge in [0.2, 0.25) is 0 Å². The molecule has 0 unspecified atom stereocenters. The summed E-state index contributed by atoms with van der Waals surface area (Å²) in [4.78, 5) is 3.99. The van der Waals surface area contributed by atoms with E-state index in [0.717, 1.165) is 5.56 Å². The maximum absolute atomic E-state index is 5.61. The second kappa shape index (κ2) is 3.83. The van der Waals surface area contributed by atoms with Gasteiger partial charge in [-0.2, -0.15) is 0 Å². The molecule has 2 rings (SSSR count). The third-order valence-electron chi connectivity index (χ3n) is 1.88. The number of aromatic nitrogens is 1. The van der Waals surface area contributed by atoms with Crippen LogP contribution in [0.3, 0.4) is 0 Å². The van der Waals surface area contributed by atoms with E-state index in [9.17, 15) is 0 Å². The Morgan fingerprint density at radius 2 is 2.15 bits per heavy atom. The zero-order chi connectivity index (χ0) is 9.10. The normalized spacial score (nSPS) is 28.7. The smallest absolute Gasteiger partial charge is 0.185 e. The van der Waals surface area contributed by atoms with Crippen molar-refractivity contribution in [2.45, 2.75) is 12.3 Å². The molecule has 0 bridgehead atoms. The Balaban J connectivity index is 2.03. The van der Waals surface area contributed by atoms with Crippen LogP contribution < -0.4 is 5.73 Å². The number of pyridine rings is 1. The first-order valence-corrected chi connectivity index (χ1v) is 4.25. The summed E-state index contributed by atoms with van der Waals surface area (Å²) in [6.07, 6.45) is 3.16. The molecule has 1 aromatic rings. The molecule has 0 saturated carbocycles. The number of nitrogens with two attached hydrogens (primary N) is 1. The Morgan fingerprint density at radius 3 is 2.77 bits per heavy atom. The van der Waals surface area contributed by atoms with Crippen LogP contribution >= 0.6 is 0 Å². The first-order valence-electron chi connectivity index (χ1n) is 4.25. The van der Waals surface area contributed by atoms with Crippen molar-refractivity contribution in [2.24, 2.45) is 5.73 Å². The zero-order valence-corrected chi connectivity index (χ0v) is 7.22. The van der Waals surface area contributed by atoms with Crippen LogP contribution in [-0.4, -0.2) is 24.2 Å². The number of ether oxygens (including phenoxy) is 2. The first-order chi connectivity index (χ1) is 6.36. The molecule has 1 saturated heterocycles. The fourth-order valence-electron chi connectivity index (χ4n) is 1.23. The number of rotatable bonds is 1. The van der Waals surface area contributed by atoms with Gasteiger partial charge in [-0.1, -0.05) is 6.07 Å². The van der Waals surface area contributed by atoms with Crippen molar-refractivity contribution in [3.8, 4) is 0 Å². The van der Waals surface area contributed by atoms with Crippen molar-refractivity contribution in [1.29, 1.82) is 0 Å². The highest BCUT2D eigenvalue weighted by Gasteiger charge is 2.20. The van der Waals surface area contributed by atoms with E-state index in [-0.39, 0.29) is 12.3 Å². The number of nitrogens with zero attached hydrogens (tertiary/aromatic N) is 1. The minimum absolute atomic E-state index is 0.00655. The summed E-state index contributed by atoms with van der Waals surface area (Å²) in [7, 11) is 0. The molecule has 4 nitrogen and oxygen atoms in total. The van der Waals surface area contributed by atoms with Crippen LogP contribution in [0, 0.1) is 0 Å². The van der Waals surface area contributed by atoms with Crippen LogP contribution in [-0.2, 0) is 9.47 Å². The van der Waals surface area contributed by atoms with Gasteiger partial charge in [-0.05, 0) is 6.07 Å². The van der Waals surface area contributed by atoms with Gasteiger partial charge >= 0.3 is 0 Å². The molecule has 4 heteroatoms. The van der Waals surface area contributed by atoms with E-state index in [1.165, 1.54) is 0 Å². The molecule has 1 aliphatic rings. The molecule has 13 heavy (non-hydrogen) atoms. The number of hydrogen-bond donors (Lipinski definition) is 1. The predicted octanol–water partition coefficient (Wildman–Crippen LogP) is 0.454. The van der Waals surface area contributed by atoms with Gasteiger partial charge in [0.15, 0.2) is 6.29 Å². The van der Waals surface area contributed by atoms with Gasteiger partial charge in [0.05, 0.1) is 19.3 Å². The fourth-order valence-corrected chi connectivity index (χ4v) is 1.23. The maximum atomic E-state index is 5.61. The highest BCUT2D eigenvalue weighted by atomic mass is 16.7. The summed E-state index contributed by atoms with van der Waals surface area (Å²) in [5, 5.41) is 0. The summed E-state index contributed by atoms with van der Waals surface area (Å²) < 4.78 is 10.8. The Morgan fingerprint density at radius 1 is 1.38 bits per heavy atom. The fraction of sp³-hybridized carbons (Fsp3) is 0.444. The molecule has 2 heterocycles. The molecule has 0 atom stereocenters. The summed E-state index contributed by atoms with van der Waals surface area (Å²) in [5.74, 6) is 0. The molecular weight excluding hydrogens is 168 g/mol. The van der Waals surface area contributed by atoms with E-state index in [1.807, 2.05) is 12.1 Å². The molecular formula is C9H12N2O2. The average Bonchev–Trinajstić information content (AvgIpc) is 2.20. The molecule has 2 N–H and O–H groups in total. The largest absolute Gasteiger partial charge is 0.347 e. The maximum Gasteiger partial charge on any atom is 0.185 e. The van der Waals surface area contributed by atoms with E-state index in [0.29, 0.717) is 13.2 Å². The van der Waals surface area contributed by atoms with Crippen molar-refractivity contribution >= 4 is 0 Å². The highest BCUT2D eigenvalue weighted by Crippen LogP contribution is 2.20. The van der Waals surface area contributed by atoms with Gasteiger partial charge < -0.3 is 15.2 Å². The van der Waals surface area contributed by atoms with E-state index in [2.05, 4.69) is 4.98 Å². The standard InChI is InChI=1S/C9H12N2O2/c10-8-5-12-9(13-6-8)7-2-1-3-11-4-7/h1-4,8-9H,5-6,10H2. The van der Waals surface area contributed by atoms with Crippen molar-refractivity contribution in [3.05, 3.63) is 30.1 Å². The van der Waals surface area contributed by atoms with Crippen LogP contribution in [0.5, 0.6) is 0 Å². The lowest BCUT2D eigenvalue weighted by atomic mass is 10.2. The Hall–Kier alpha value is -0.970. The average molecular weight is 180 g/mol. The lowest BCUT2D eigenvalue weighted by Gasteiger charge is -2.27. The quantitative estimate of drug-likeness (QED) is 0.682. The van der Waals surface area contributed by atoms with E-state index >= 15 is 0 Å². The first kappa shape index (κ1) is 8.62. The second-order valence-corrected chi connectivity index (χ2v) is 3.05. The molecule has 0 aromatic carbocycles. The molecule has 1 aliphatic heterocycles. The third kappa shape index (κ3) is 2.03. The minimum atomic E-state index is -0.298. The van der Waals surface area contributed by atoms with Crippen LogP contribution in [0.25, 0.3) is 0 Å². The van der Waals surface area contributed by atoms with Crippen molar-refractivity contribution in [3.63, 3.8) is 0 Å². The topological polar surface area (TPSA) is 57.4 Å². The van der Waals surface area contributed by atoms with Crippen molar-refractivity contribution in [1.82, 2.24) is 4.98 Å². The summed E-state index contributed by atoms with van der Waals surface area (Å²) >= 11 is 0. The van der Waals surface area contributed by atoms with Crippen LogP contribution in [0.2, 0.25) is 0 Å². The van der Waals surface area contributed by atoms with Gasteiger partial charge in [0, 0.05) is 18.0 Å². The number of hydrogen-bond acceptors (Lipinski definition) is 4. The summed E-state index contributed by atoms with van der Waals surface area (Å²) in [6, 6.07) is 3.78. The SMILES string of the molecule is NC1COC(c2cccnc2)OC1. The molecule has 0 radical (unpaired) electrons. The minimum Gasteiger partial charge on any atom is -0.347 e. The molecule has 70 valence electrons. The van der Waals surface area contributed by atoms with Crippen molar-refractivity contribution in [2.75, 3.05) is 13.2 Å². The van der Waals surface area contributed by atoms with Crippen LogP contribution in [0.4, 0.5) is 0 Å². The van der Waals surface area contributed by atoms with Crippen molar-refractivity contribution < 1.29 is 9.47 Å². The van der Waals surface area contributed by atoms with E-state index < -0.39 is 0 Å². The Bertz CT molecular complexity index is 258. The molecule has 0 spiro atoms. The Kier molecular flexibility index (Phi) is 2.54. The Labute approximate surface area is 76.7 Å². The lowest BCUT2D eigenvalue weighted by molar-refractivity contribution is -0.190. The van der Waals surface area contributed by atoms with Crippen LogP contribution in [0.1, 0.15) is 11.9 Å². The van der Waals surface area contributed by atoms with Gasteiger partial charge in [-0.25, -0.2) is 0 Å². The van der Waals surface area contributed by atoms with Crippen LogP contribution in [0.15, 0.2) is 24.5 Å². The second-order valence-electron chi connectivity index (χ2n) is 3.05. The lowest BCUT2D eigenvalue weighted by Crippen LogP contribution is -2.37. The summed E-state index contributed by atoms with van der Waals surface area (Å²) in [6.45, 7) is 1.08. The van der Waals surface area contributed by atoms with E-state index in [4.69, 9.17) is 15.2 Å².